The van der Waals surface area contributed by atoms with Gasteiger partial charge in [-0.1, -0.05) is 42.5 Å². The van der Waals surface area contributed by atoms with Crippen LogP contribution in [-0.4, -0.2) is 5.11 Å². The van der Waals surface area contributed by atoms with Crippen LogP contribution in [-0.2, 0) is 0 Å². The zero-order valence-electron chi connectivity index (χ0n) is 11.3. The first-order valence-electron chi connectivity index (χ1n) is 6.67. The largest absolute Gasteiger partial charge is 0.508 e. The van der Waals surface area contributed by atoms with Gasteiger partial charge in [-0.05, 0) is 47.5 Å². The topological polar surface area (TPSA) is 45.0 Å². The lowest BCUT2D eigenvalue weighted by Crippen LogP contribution is -1.75. The highest BCUT2D eigenvalue weighted by molar-refractivity contribution is 5.65. The fourth-order valence-corrected chi connectivity index (χ4v) is 1.99. The molecule has 3 rings (SSSR count). The van der Waals surface area contributed by atoms with E-state index in [1.807, 2.05) is 42.5 Å². The number of phenolic OH excluding ortho intramolecular Hbond substituents is 1. The third-order valence-corrected chi connectivity index (χ3v) is 3.11. The summed E-state index contributed by atoms with van der Waals surface area (Å²) < 4.78 is 0. The Balaban J connectivity index is 1.77. The first-order chi connectivity index (χ1) is 10.3. The van der Waals surface area contributed by atoms with Crippen molar-refractivity contribution in [1.82, 2.24) is 0 Å². The zero-order valence-corrected chi connectivity index (χ0v) is 11.3. The Kier molecular flexibility index (Phi) is 3.74. The minimum Gasteiger partial charge on any atom is -0.508 e. The molecule has 1 N–H and O–H groups in total. The van der Waals surface area contributed by atoms with Gasteiger partial charge in [0.1, 0.15) is 5.75 Å². The smallest absolute Gasteiger partial charge is 0.115 e. The number of nitrogens with zero attached hydrogens (tertiary/aromatic N) is 2. The molecule has 0 aromatic heterocycles. The molecule has 3 heteroatoms. The maximum Gasteiger partial charge on any atom is 0.115 e. The van der Waals surface area contributed by atoms with Crippen molar-refractivity contribution in [2.24, 2.45) is 10.2 Å². The number of hydrogen-bond acceptors (Lipinski definition) is 3. The molecule has 0 spiro atoms. The Labute approximate surface area is 123 Å². The van der Waals surface area contributed by atoms with Crippen LogP contribution in [0.3, 0.4) is 0 Å². The summed E-state index contributed by atoms with van der Waals surface area (Å²) in [4.78, 5) is 0. The molecule has 3 nitrogen and oxygen atoms in total. The Morgan fingerprint density at radius 1 is 0.524 bits per heavy atom. The summed E-state index contributed by atoms with van der Waals surface area (Å²) in [6.45, 7) is 0. The van der Waals surface area contributed by atoms with Gasteiger partial charge in [0, 0.05) is 0 Å². The van der Waals surface area contributed by atoms with Crippen molar-refractivity contribution in [2.75, 3.05) is 0 Å². The van der Waals surface area contributed by atoms with Gasteiger partial charge in [-0.3, -0.25) is 0 Å². The first-order valence-corrected chi connectivity index (χ1v) is 6.67. The molecule has 0 unspecified atom stereocenters. The lowest BCUT2D eigenvalue weighted by Gasteiger charge is -2.01. The number of aromatic hydroxyl groups is 1. The molecule has 0 atom stereocenters. The monoisotopic (exact) mass is 274 g/mol. The molecule has 0 aliphatic heterocycles. The maximum absolute atomic E-state index is 9.21. The van der Waals surface area contributed by atoms with Crippen LogP contribution in [0.1, 0.15) is 0 Å². The summed E-state index contributed by atoms with van der Waals surface area (Å²) in [6.07, 6.45) is 0. The number of phenols is 1. The maximum atomic E-state index is 9.21. The third kappa shape index (κ3) is 3.34. The minimum absolute atomic E-state index is 0.223. The van der Waals surface area contributed by atoms with Crippen LogP contribution in [0.5, 0.6) is 5.75 Å². The van der Waals surface area contributed by atoms with E-state index in [0.29, 0.717) is 5.69 Å². The molecule has 0 aliphatic carbocycles. The molecule has 0 fully saturated rings. The normalized spacial score (nSPS) is 10.9. The van der Waals surface area contributed by atoms with Crippen LogP contribution in [0.4, 0.5) is 11.4 Å². The van der Waals surface area contributed by atoms with Gasteiger partial charge in [0.05, 0.1) is 11.4 Å². The molecule has 0 radical (unpaired) electrons. The van der Waals surface area contributed by atoms with Crippen molar-refractivity contribution in [3.63, 3.8) is 0 Å². The quantitative estimate of drug-likeness (QED) is 0.632. The average molecular weight is 274 g/mol. The fraction of sp³-hybridized carbons (Fsp3) is 0. The number of azo groups is 1. The predicted octanol–water partition coefficient (Wildman–Crippen LogP) is 5.47. The van der Waals surface area contributed by atoms with Crippen molar-refractivity contribution in [3.8, 4) is 16.9 Å². The molecule has 102 valence electrons. The second-order valence-corrected chi connectivity index (χ2v) is 4.63. The molecule has 0 saturated heterocycles. The minimum atomic E-state index is 0.223. The van der Waals surface area contributed by atoms with E-state index in [9.17, 15) is 5.11 Å². The highest BCUT2D eigenvalue weighted by Gasteiger charge is 1.97. The van der Waals surface area contributed by atoms with Gasteiger partial charge in [-0.2, -0.15) is 10.2 Å². The molecule has 0 heterocycles. The van der Waals surface area contributed by atoms with Gasteiger partial charge in [-0.25, -0.2) is 0 Å². The van der Waals surface area contributed by atoms with Crippen LogP contribution in [0.15, 0.2) is 89.1 Å². The van der Waals surface area contributed by atoms with E-state index in [-0.39, 0.29) is 5.75 Å². The van der Waals surface area contributed by atoms with Crippen molar-refractivity contribution in [1.29, 1.82) is 0 Å². The average Bonchev–Trinajstić information content (AvgIpc) is 2.56. The van der Waals surface area contributed by atoms with Gasteiger partial charge in [0.25, 0.3) is 0 Å². The van der Waals surface area contributed by atoms with E-state index in [0.717, 1.165) is 11.3 Å². The summed E-state index contributed by atoms with van der Waals surface area (Å²) in [5.41, 5.74) is 3.83. The summed E-state index contributed by atoms with van der Waals surface area (Å²) in [6, 6.07) is 24.7. The summed E-state index contributed by atoms with van der Waals surface area (Å²) in [5, 5.41) is 17.5. The van der Waals surface area contributed by atoms with Crippen molar-refractivity contribution in [3.05, 3.63) is 78.9 Å². The van der Waals surface area contributed by atoms with Crippen molar-refractivity contribution >= 4 is 11.4 Å². The van der Waals surface area contributed by atoms with E-state index in [2.05, 4.69) is 22.4 Å². The Morgan fingerprint density at radius 3 is 1.57 bits per heavy atom. The molecule has 3 aromatic rings. The van der Waals surface area contributed by atoms with E-state index in [1.165, 1.54) is 5.56 Å². The standard InChI is InChI=1S/C18H14N2O/c21-18-12-10-17(11-13-18)20-19-16-8-6-15(7-9-16)14-4-2-1-3-5-14/h1-13,21H. The molecule has 0 saturated carbocycles. The van der Waals surface area contributed by atoms with Crippen molar-refractivity contribution < 1.29 is 5.11 Å². The SMILES string of the molecule is Oc1ccc(N=Nc2ccc(-c3ccccc3)cc2)cc1. The van der Waals surface area contributed by atoms with Gasteiger partial charge in [0.2, 0.25) is 0 Å². The van der Waals surface area contributed by atoms with E-state index in [4.69, 9.17) is 0 Å². The Morgan fingerprint density at radius 2 is 1.00 bits per heavy atom. The molecule has 0 amide bonds. The van der Waals surface area contributed by atoms with E-state index >= 15 is 0 Å². The predicted molar refractivity (Wildman–Crippen MR) is 84.2 cm³/mol. The molecule has 0 bridgehead atoms. The number of hydrogen-bond donors (Lipinski definition) is 1. The van der Waals surface area contributed by atoms with Crippen LogP contribution < -0.4 is 0 Å². The van der Waals surface area contributed by atoms with E-state index in [1.54, 1.807) is 24.3 Å². The van der Waals surface area contributed by atoms with Crippen molar-refractivity contribution in [2.45, 2.75) is 0 Å². The zero-order chi connectivity index (χ0) is 14.5. The second-order valence-electron chi connectivity index (χ2n) is 4.63. The molecular weight excluding hydrogens is 260 g/mol. The molecule has 3 aromatic carbocycles. The molecule has 0 aliphatic rings. The lowest BCUT2D eigenvalue weighted by atomic mass is 10.1. The van der Waals surface area contributed by atoms with Crippen LogP contribution in [0.25, 0.3) is 11.1 Å². The second kappa shape index (κ2) is 6.01. The fourth-order valence-electron chi connectivity index (χ4n) is 1.99. The number of benzene rings is 3. The van der Waals surface area contributed by atoms with Gasteiger partial charge in [-0.15, -0.1) is 0 Å². The van der Waals surface area contributed by atoms with Crippen LogP contribution in [0.2, 0.25) is 0 Å². The van der Waals surface area contributed by atoms with Crippen LogP contribution in [0, 0.1) is 0 Å². The Hall–Kier alpha value is -2.94. The lowest BCUT2D eigenvalue weighted by molar-refractivity contribution is 0.475. The van der Waals surface area contributed by atoms with E-state index < -0.39 is 0 Å². The van der Waals surface area contributed by atoms with Crippen LogP contribution >= 0.6 is 0 Å². The molecular formula is C18H14N2O. The summed E-state index contributed by atoms with van der Waals surface area (Å²) >= 11 is 0. The highest BCUT2D eigenvalue weighted by atomic mass is 16.3. The number of rotatable bonds is 3. The first kappa shape index (κ1) is 13.1. The molecule has 21 heavy (non-hydrogen) atoms. The van der Waals surface area contributed by atoms with Gasteiger partial charge < -0.3 is 5.11 Å². The summed E-state index contributed by atoms with van der Waals surface area (Å²) in [5.74, 6) is 0.223. The third-order valence-electron chi connectivity index (χ3n) is 3.11. The highest BCUT2D eigenvalue weighted by Crippen LogP contribution is 2.24. The van der Waals surface area contributed by atoms with Gasteiger partial charge >= 0.3 is 0 Å². The van der Waals surface area contributed by atoms with Gasteiger partial charge in [0.15, 0.2) is 0 Å². The summed E-state index contributed by atoms with van der Waals surface area (Å²) in [7, 11) is 0. The Bertz CT molecular complexity index is 732.